The van der Waals surface area contributed by atoms with Crippen LogP contribution in [-0.4, -0.2) is 38.4 Å². The Labute approximate surface area is 263 Å². The highest BCUT2D eigenvalue weighted by atomic mass is 32.1. The smallest absolute Gasteiger partial charge is 0.412 e. The Morgan fingerprint density at radius 3 is 1.64 bits per heavy atom. The van der Waals surface area contributed by atoms with Gasteiger partial charge in [0, 0.05) is 5.69 Å². The summed E-state index contributed by atoms with van der Waals surface area (Å²) in [6.45, 7) is 14.8. The van der Waals surface area contributed by atoms with Crippen LogP contribution in [0.2, 0.25) is 18.1 Å². The van der Waals surface area contributed by atoms with Gasteiger partial charge in [0.15, 0.2) is 13.4 Å². The lowest BCUT2D eigenvalue weighted by atomic mass is 10.1. The van der Waals surface area contributed by atoms with Crippen molar-refractivity contribution in [3.8, 4) is 0 Å². The molecule has 0 saturated heterocycles. The Kier molecular flexibility index (Phi) is 11.0. The van der Waals surface area contributed by atoms with Crippen molar-refractivity contribution in [3.63, 3.8) is 0 Å². The molecule has 0 aliphatic heterocycles. The number of benzene rings is 3. The topological polar surface area (TPSA) is 33.3 Å². The predicted octanol–water partition coefficient (Wildman–Crippen LogP) is 9.09. The minimum atomic E-state index is -4.97. The van der Waals surface area contributed by atoms with Gasteiger partial charge < -0.3 is 15.1 Å². The van der Waals surface area contributed by atoms with Gasteiger partial charge in [0.25, 0.3) is 0 Å². The SMILES string of the molecule is C[C@@H](O[Si](C)(C)C(C)(C)C)[C@@H](C[P+](C)(c1ccccc1)c1ccccc1)NC(=S)Nc1cc(C(F)(F)F)cc(C(F)(F)F)c1. The van der Waals surface area contributed by atoms with Gasteiger partial charge in [-0.3, -0.25) is 0 Å². The Balaban J connectivity index is 2.03. The molecule has 0 saturated carbocycles. The van der Waals surface area contributed by atoms with Crippen molar-refractivity contribution in [3.05, 3.63) is 90.0 Å². The molecule has 2 atom stereocenters. The molecule has 2 N–H and O–H groups in total. The summed E-state index contributed by atoms with van der Waals surface area (Å²) >= 11 is 5.53. The molecule has 3 rings (SSSR count). The molecule has 3 nitrogen and oxygen atoms in total. The Morgan fingerprint density at radius 2 is 1.25 bits per heavy atom. The van der Waals surface area contributed by atoms with E-state index in [1.165, 1.54) is 0 Å². The molecular formula is C32H40F6N2OPSSi+. The van der Waals surface area contributed by atoms with Crippen LogP contribution in [0.25, 0.3) is 0 Å². The quantitative estimate of drug-likeness (QED) is 0.103. The second kappa shape index (κ2) is 13.5. The number of halogens is 6. The van der Waals surface area contributed by atoms with Gasteiger partial charge in [-0.25, -0.2) is 0 Å². The lowest BCUT2D eigenvalue weighted by Crippen LogP contribution is -2.53. The van der Waals surface area contributed by atoms with Crippen LogP contribution >= 0.6 is 19.5 Å². The Bertz CT molecular complexity index is 1340. The molecule has 0 aromatic heterocycles. The number of thiocarbonyl (C=S) groups is 1. The molecular weight excluding hydrogens is 633 g/mol. The molecule has 0 heterocycles. The molecule has 12 heteroatoms. The van der Waals surface area contributed by atoms with Crippen molar-refractivity contribution < 1.29 is 30.8 Å². The summed E-state index contributed by atoms with van der Waals surface area (Å²) in [5.74, 6) is 0. The van der Waals surface area contributed by atoms with Gasteiger partial charge in [-0.2, -0.15) is 26.3 Å². The monoisotopic (exact) mass is 673 g/mol. The molecule has 240 valence electrons. The third-order valence-electron chi connectivity index (χ3n) is 8.23. The van der Waals surface area contributed by atoms with E-state index in [9.17, 15) is 26.3 Å². The van der Waals surface area contributed by atoms with E-state index in [4.69, 9.17) is 16.6 Å². The molecule has 3 aromatic carbocycles. The van der Waals surface area contributed by atoms with Crippen LogP contribution in [0.15, 0.2) is 78.9 Å². The fourth-order valence-corrected chi connectivity index (χ4v) is 9.94. The molecule has 0 amide bonds. The maximum absolute atomic E-state index is 13.5. The largest absolute Gasteiger partial charge is 0.416 e. The highest BCUT2D eigenvalue weighted by Gasteiger charge is 2.45. The third-order valence-corrected chi connectivity index (χ3v) is 17.0. The summed E-state index contributed by atoms with van der Waals surface area (Å²) in [4.78, 5) is 0. The molecule has 0 radical (unpaired) electrons. The van der Waals surface area contributed by atoms with Crippen LogP contribution in [0.1, 0.15) is 38.8 Å². The Hall–Kier alpha value is -2.46. The van der Waals surface area contributed by atoms with E-state index in [-0.39, 0.29) is 16.2 Å². The van der Waals surface area contributed by atoms with E-state index >= 15 is 0 Å². The zero-order chi connectivity index (χ0) is 33.1. The highest BCUT2D eigenvalue weighted by molar-refractivity contribution is 7.89. The summed E-state index contributed by atoms with van der Waals surface area (Å²) in [5.41, 5.74) is -3.25. The van der Waals surface area contributed by atoms with Crippen LogP contribution in [0.5, 0.6) is 0 Å². The van der Waals surface area contributed by atoms with E-state index in [0.717, 1.165) is 10.6 Å². The lowest BCUT2D eigenvalue weighted by Gasteiger charge is -2.41. The number of hydrogen-bond donors (Lipinski definition) is 2. The predicted molar refractivity (Wildman–Crippen MR) is 177 cm³/mol. The maximum Gasteiger partial charge on any atom is 0.416 e. The normalized spacial score (nSPS) is 14.6. The number of rotatable bonds is 9. The zero-order valence-electron chi connectivity index (χ0n) is 25.9. The summed E-state index contributed by atoms with van der Waals surface area (Å²) in [5, 5.41) is 7.92. The number of nitrogens with one attached hydrogen (secondary N) is 2. The molecule has 3 aromatic rings. The molecule has 0 unspecified atom stereocenters. The van der Waals surface area contributed by atoms with E-state index in [1.807, 2.05) is 43.3 Å². The van der Waals surface area contributed by atoms with Crippen molar-refractivity contribution in [1.82, 2.24) is 5.32 Å². The van der Waals surface area contributed by atoms with Gasteiger partial charge in [0.05, 0.1) is 54.0 Å². The summed E-state index contributed by atoms with van der Waals surface area (Å²) in [6, 6.07) is 21.0. The number of hydrogen-bond acceptors (Lipinski definition) is 2. The van der Waals surface area contributed by atoms with Crippen LogP contribution in [0.3, 0.4) is 0 Å². The van der Waals surface area contributed by atoms with Crippen molar-refractivity contribution >= 4 is 49.2 Å². The molecule has 44 heavy (non-hydrogen) atoms. The van der Waals surface area contributed by atoms with Crippen molar-refractivity contribution in [1.29, 1.82) is 0 Å². The van der Waals surface area contributed by atoms with Gasteiger partial charge in [-0.05, 0) is 79.7 Å². The fraction of sp³-hybridized carbons (Fsp3) is 0.406. The second-order valence-electron chi connectivity index (χ2n) is 12.6. The standard InChI is InChI=1S/C32H39F6N2OPSSi/c1-22(41-44(6,7)30(2,3)4)28(21-42(5,26-14-10-8-11-15-26)27-16-12-9-13-17-27)40-29(43)39-25-19-23(31(33,34)35)18-24(20-25)32(36,37)38/h8-20,22,28H,21H2,1-7H3,(H-,39,40,43)/p+1/t22-,28-/m1/s1. The van der Waals surface area contributed by atoms with Crippen LogP contribution < -0.4 is 21.2 Å². The minimum Gasteiger partial charge on any atom is -0.412 e. The maximum atomic E-state index is 13.5. The fourth-order valence-electron chi connectivity index (χ4n) is 4.67. The third kappa shape index (κ3) is 9.05. The summed E-state index contributed by atoms with van der Waals surface area (Å²) in [7, 11) is -4.39. The molecule has 0 aliphatic rings. The Morgan fingerprint density at radius 1 is 0.818 bits per heavy atom. The number of alkyl halides is 6. The second-order valence-corrected chi connectivity index (χ2v) is 21.6. The van der Waals surface area contributed by atoms with Gasteiger partial charge >= 0.3 is 12.4 Å². The average molecular weight is 674 g/mol. The van der Waals surface area contributed by atoms with Gasteiger partial charge in [0.1, 0.15) is 0 Å². The molecule has 0 spiro atoms. The van der Waals surface area contributed by atoms with Crippen LogP contribution in [0, 0.1) is 0 Å². The van der Waals surface area contributed by atoms with Crippen molar-refractivity contribution in [2.45, 2.75) is 70.3 Å². The summed E-state index contributed by atoms with van der Waals surface area (Å²) in [6.07, 6.45) is -9.78. The lowest BCUT2D eigenvalue weighted by molar-refractivity contribution is -0.143. The molecule has 0 aliphatic carbocycles. The minimum absolute atomic E-state index is 0.0925. The number of anilines is 1. The van der Waals surface area contributed by atoms with Gasteiger partial charge in [-0.15, -0.1) is 0 Å². The van der Waals surface area contributed by atoms with Gasteiger partial charge in [-0.1, -0.05) is 57.2 Å². The van der Waals surface area contributed by atoms with E-state index in [0.29, 0.717) is 18.3 Å². The highest BCUT2D eigenvalue weighted by Crippen LogP contribution is 2.53. The first-order valence-electron chi connectivity index (χ1n) is 14.1. The summed E-state index contributed by atoms with van der Waals surface area (Å²) < 4.78 is 87.8. The van der Waals surface area contributed by atoms with E-state index < -0.39 is 56.9 Å². The zero-order valence-corrected chi connectivity index (χ0v) is 28.6. The average Bonchev–Trinajstić information content (AvgIpc) is 2.91. The van der Waals surface area contributed by atoms with Gasteiger partial charge in [0.2, 0.25) is 0 Å². The van der Waals surface area contributed by atoms with E-state index in [2.05, 4.69) is 75.4 Å². The van der Waals surface area contributed by atoms with E-state index in [1.54, 1.807) is 0 Å². The first-order valence-corrected chi connectivity index (χ1v) is 19.9. The molecule has 0 fully saturated rings. The van der Waals surface area contributed by atoms with Crippen LogP contribution in [-0.2, 0) is 16.8 Å². The van der Waals surface area contributed by atoms with Crippen LogP contribution in [0.4, 0.5) is 32.0 Å². The van der Waals surface area contributed by atoms with Crippen molar-refractivity contribution in [2.75, 3.05) is 18.1 Å². The van der Waals surface area contributed by atoms with Crippen molar-refractivity contribution in [2.24, 2.45) is 0 Å². The first kappa shape index (κ1) is 36.0. The first-order chi connectivity index (χ1) is 20.1. The molecule has 0 bridgehead atoms.